The molecule has 3 nitrogen and oxygen atoms in total. The molecule has 2 atom stereocenters. The van der Waals surface area contributed by atoms with Gasteiger partial charge >= 0.3 is 0 Å². The van der Waals surface area contributed by atoms with Crippen molar-refractivity contribution in [2.45, 2.75) is 18.4 Å². The van der Waals surface area contributed by atoms with Gasteiger partial charge in [-0.05, 0) is 17.5 Å². The Bertz CT molecular complexity index is 515. The lowest BCUT2D eigenvalue weighted by Gasteiger charge is -2.34. The number of aromatic nitrogens is 2. The van der Waals surface area contributed by atoms with Crippen LogP contribution in [0.2, 0.25) is 0 Å². The van der Waals surface area contributed by atoms with Crippen LogP contribution in [0.5, 0.6) is 0 Å². The predicted molar refractivity (Wildman–Crippen MR) is 63.0 cm³/mol. The lowest BCUT2D eigenvalue weighted by Crippen LogP contribution is -2.28. The third-order valence-electron chi connectivity index (χ3n) is 3.44. The van der Waals surface area contributed by atoms with Crippen molar-refractivity contribution in [2.24, 2.45) is 12.8 Å². The zero-order valence-electron chi connectivity index (χ0n) is 9.30. The Hall–Kier alpha value is -1.61. The molecule has 1 heterocycles. The molecular formula is C13H15N3. The molecule has 0 radical (unpaired) electrons. The van der Waals surface area contributed by atoms with Gasteiger partial charge in [0, 0.05) is 30.8 Å². The van der Waals surface area contributed by atoms with Crippen molar-refractivity contribution in [2.75, 3.05) is 0 Å². The van der Waals surface area contributed by atoms with Crippen molar-refractivity contribution in [1.82, 2.24) is 9.78 Å². The second kappa shape index (κ2) is 3.46. The molecule has 82 valence electrons. The summed E-state index contributed by atoms with van der Waals surface area (Å²) in [6.45, 7) is 0. The number of hydrogen-bond donors (Lipinski definition) is 1. The fourth-order valence-electron chi connectivity index (χ4n) is 2.46. The van der Waals surface area contributed by atoms with Gasteiger partial charge in [0.15, 0.2) is 0 Å². The minimum Gasteiger partial charge on any atom is -0.323 e. The topological polar surface area (TPSA) is 43.8 Å². The molecule has 0 amide bonds. The van der Waals surface area contributed by atoms with Crippen LogP contribution in [-0.4, -0.2) is 9.78 Å². The molecule has 16 heavy (non-hydrogen) atoms. The van der Waals surface area contributed by atoms with Gasteiger partial charge in [-0.15, -0.1) is 0 Å². The largest absolute Gasteiger partial charge is 0.323 e. The summed E-state index contributed by atoms with van der Waals surface area (Å²) in [5.74, 6) is 0.459. The van der Waals surface area contributed by atoms with Gasteiger partial charge in [0.25, 0.3) is 0 Å². The SMILES string of the molecule is Cn1cc(C(N)C2Cc3ccccc32)cn1. The van der Waals surface area contributed by atoms with E-state index in [2.05, 4.69) is 29.4 Å². The molecular weight excluding hydrogens is 198 g/mol. The Kier molecular flexibility index (Phi) is 2.07. The summed E-state index contributed by atoms with van der Waals surface area (Å²) in [6, 6.07) is 8.61. The standard InChI is InChI=1S/C13H15N3/c1-16-8-10(7-15-16)13(14)12-6-9-4-2-3-5-11(9)12/h2-5,7-8,12-13H,6,14H2,1H3. The van der Waals surface area contributed by atoms with Gasteiger partial charge in [-0.25, -0.2) is 0 Å². The number of aryl methyl sites for hydroxylation is 1. The number of rotatable bonds is 2. The summed E-state index contributed by atoms with van der Waals surface area (Å²) in [7, 11) is 1.92. The van der Waals surface area contributed by atoms with Crippen LogP contribution in [0.3, 0.4) is 0 Å². The van der Waals surface area contributed by atoms with Crippen molar-refractivity contribution in [3.05, 3.63) is 53.3 Å². The van der Waals surface area contributed by atoms with Crippen LogP contribution in [0.25, 0.3) is 0 Å². The van der Waals surface area contributed by atoms with Gasteiger partial charge in [0.1, 0.15) is 0 Å². The highest BCUT2D eigenvalue weighted by molar-refractivity contribution is 5.42. The molecule has 1 aliphatic rings. The monoisotopic (exact) mass is 213 g/mol. The number of nitrogens with two attached hydrogens (primary N) is 1. The maximum absolute atomic E-state index is 6.28. The molecule has 0 saturated carbocycles. The van der Waals surface area contributed by atoms with E-state index in [-0.39, 0.29) is 6.04 Å². The van der Waals surface area contributed by atoms with Crippen molar-refractivity contribution < 1.29 is 0 Å². The minimum atomic E-state index is 0.0728. The molecule has 1 aromatic carbocycles. The van der Waals surface area contributed by atoms with E-state index < -0.39 is 0 Å². The first-order chi connectivity index (χ1) is 7.75. The second-order valence-electron chi connectivity index (χ2n) is 4.48. The fourth-order valence-corrected chi connectivity index (χ4v) is 2.46. The molecule has 2 unspecified atom stereocenters. The molecule has 0 fully saturated rings. The van der Waals surface area contributed by atoms with Crippen LogP contribution < -0.4 is 5.73 Å². The molecule has 1 aromatic heterocycles. The minimum absolute atomic E-state index is 0.0728. The van der Waals surface area contributed by atoms with E-state index in [1.807, 2.05) is 19.4 Å². The summed E-state index contributed by atoms with van der Waals surface area (Å²) in [6.07, 6.45) is 4.96. The van der Waals surface area contributed by atoms with Gasteiger partial charge < -0.3 is 5.73 Å². The van der Waals surface area contributed by atoms with Gasteiger partial charge in [0.2, 0.25) is 0 Å². The third kappa shape index (κ3) is 1.36. The quantitative estimate of drug-likeness (QED) is 0.826. The first-order valence-corrected chi connectivity index (χ1v) is 5.57. The van der Waals surface area contributed by atoms with Crippen LogP contribution in [0.1, 0.15) is 28.7 Å². The molecule has 2 N–H and O–H groups in total. The molecule has 0 aliphatic heterocycles. The Morgan fingerprint density at radius 2 is 2.25 bits per heavy atom. The van der Waals surface area contributed by atoms with E-state index in [4.69, 9.17) is 5.73 Å². The van der Waals surface area contributed by atoms with Crippen molar-refractivity contribution >= 4 is 0 Å². The molecule has 0 spiro atoms. The van der Waals surface area contributed by atoms with E-state index >= 15 is 0 Å². The van der Waals surface area contributed by atoms with E-state index in [1.165, 1.54) is 11.1 Å². The number of nitrogens with zero attached hydrogens (tertiary/aromatic N) is 2. The molecule has 2 aromatic rings. The smallest absolute Gasteiger partial charge is 0.0537 e. The molecule has 3 rings (SSSR count). The van der Waals surface area contributed by atoms with Crippen LogP contribution in [-0.2, 0) is 13.5 Å². The Morgan fingerprint density at radius 3 is 2.94 bits per heavy atom. The highest BCUT2D eigenvalue weighted by Crippen LogP contribution is 2.41. The number of fused-ring (bicyclic) bond motifs is 1. The highest BCUT2D eigenvalue weighted by atomic mass is 15.2. The zero-order chi connectivity index (χ0) is 11.1. The second-order valence-corrected chi connectivity index (χ2v) is 4.48. The van der Waals surface area contributed by atoms with E-state index in [0.717, 1.165) is 12.0 Å². The third-order valence-corrected chi connectivity index (χ3v) is 3.44. The average Bonchev–Trinajstić information content (AvgIpc) is 2.67. The Balaban J connectivity index is 1.87. The molecule has 1 aliphatic carbocycles. The zero-order valence-corrected chi connectivity index (χ0v) is 9.30. The van der Waals surface area contributed by atoms with Gasteiger partial charge in [0.05, 0.1) is 6.20 Å². The van der Waals surface area contributed by atoms with E-state index in [9.17, 15) is 0 Å². The lowest BCUT2D eigenvalue weighted by molar-refractivity contribution is 0.500. The summed E-state index contributed by atoms with van der Waals surface area (Å²) in [4.78, 5) is 0. The van der Waals surface area contributed by atoms with Crippen molar-refractivity contribution in [3.63, 3.8) is 0 Å². The van der Waals surface area contributed by atoms with E-state index in [1.54, 1.807) is 4.68 Å². The maximum atomic E-state index is 6.28. The number of benzene rings is 1. The van der Waals surface area contributed by atoms with E-state index in [0.29, 0.717) is 5.92 Å². The normalized spacial score (nSPS) is 20.0. The summed E-state index contributed by atoms with van der Waals surface area (Å²) >= 11 is 0. The highest BCUT2D eigenvalue weighted by Gasteiger charge is 2.31. The average molecular weight is 213 g/mol. The van der Waals surface area contributed by atoms with Crippen LogP contribution in [0.4, 0.5) is 0 Å². The lowest BCUT2D eigenvalue weighted by atomic mass is 9.72. The summed E-state index contributed by atoms with van der Waals surface area (Å²) < 4.78 is 1.81. The van der Waals surface area contributed by atoms with Gasteiger partial charge in [-0.3, -0.25) is 4.68 Å². The maximum Gasteiger partial charge on any atom is 0.0537 e. The van der Waals surface area contributed by atoms with Crippen LogP contribution in [0.15, 0.2) is 36.7 Å². The Labute approximate surface area is 94.9 Å². The summed E-state index contributed by atoms with van der Waals surface area (Å²) in [5.41, 5.74) is 10.2. The Morgan fingerprint density at radius 1 is 1.44 bits per heavy atom. The van der Waals surface area contributed by atoms with Gasteiger partial charge in [-0.2, -0.15) is 5.10 Å². The molecule has 3 heteroatoms. The molecule has 0 saturated heterocycles. The summed E-state index contributed by atoms with van der Waals surface area (Å²) in [5, 5.41) is 4.17. The van der Waals surface area contributed by atoms with Gasteiger partial charge in [-0.1, -0.05) is 24.3 Å². The first-order valence-electron chi connectivity index (χ1n) is 5.57. The number of hydrogen-bond acceptors (Lipinski definition) is 2. The van der Waals surface area contributed by atoms with Crippen LogP contribution in [0, 0.1) is 0 Å². The first kappa shape index (κ1) is 9.60. The van der Waals surface area contributed by atoms with Crippen molar-refractivity contribution in [3.8, 4) is 0 Å². The fraction of sp³-hybridized carbons (Fsp3) is 0.308. The predicted octanol–water partition coefficient (Wildman–Crippen LogP) is 1.76. The van der Waals surface area contributed by atoms with Crippen molar-refractivity contribution in [1.29, 1.82) is 0 Å². The van der Waals surface area contributed by atoms with Crippen LogP contribution >= 0.6 is 0 Å². The molecule has 0 bridgehead atoms.